The van der Waals surface area contributed by atoms with Gasteiger partial charge in [-0.05, 0) is 83.0 Å². The molecular formula is C34H58O7. The fourth-order valence-corrected chi connectivity index (χ4v) is 6.60. The molecule has 0 radical (unpaired) electrons. The zero-order valence-corrected chi connectivity index (χ0v) is 26.1. The smallest absolute Gasteiger partial charge is 0.330 e. The molecule has 0 bridgehead atoms. The Bertz CT molecular complexity index is 749. The van der Waals surface area contributed by atoms with Crippen LogP contribution in [0.4, 0.5) is 0 Å². The summed E-state index contributed by atoms with van der Waals surface area (Å²) in [6, 6.07) is 0. The molecule has 1 aliphatic carbocycles. The Morgan fingerprint density at radius 2 is 1.78 bits per heavy atom. The van der Waals surface area contributed by atoms with E-state index < -0.39 is 6.10 Å². The number of ether oxygens (including phenoxy) is 5. The van der Waals surface area contributed by atoms with Crippen LogP contribution in [0.5, 0.6) is 0 Å². The highest BCUT2D eigenvalue weighted by molar-refractivity contribution is 5.81. The van der Waals surface area contributed by atoms with Crippen LogP contribution in [0.15, 0.2) is 24.3 Å². The van der Waals surface area contributed by atoms with E-state index in [-0.39, 0.29) is 42.6 Å². The normalized spacial score (nSPS) is 30.6. The second-order valence-electron chi connectivity index (χ2n) is 12.1. The number of allylic oxidation sites excluding steroid dienone is 1. The van der Waals surface area contributed by atoms with Crippen LogP contribution in [0.1, 0.15) is 117 Å². The Kier molecular flexibility index (Phi) is 16.6. The molecule has 0 aromatic carbocycles. The summed E-state index contributed by atoms with van der Waals surface area (Å²) in [6.07, 6.45) is 22.3. The summed E-state index contributed by atoms with van der Waals surface area (Å²) in [6.45, 7) is 8.26. The summed E-state index contributed by atoms with van der Waals surface area (Å²) < 4.78 is 29.9. The van der Waals surface area contributed by atoms with Crippen molar-refractivity contribution in [2.75, 3.05) is 19.8 Å². The van der Waals surface area contributed by atoms with E-state index in [9.17, 15) is 9.90 Å². The average molecular weight is 579 g/mol. The van der Waals surface area contributed by atoms with Crippen molar-refractivity contribution < 1.29 is 33.6 Å². The molecule has 41 heavy (non-hydrogen) atoms. The molecule has 3 rings (SSSR count). The van der Waals surface area contributed by atoms with Crippen molar-refractivity contribution in [3.8, 4) is 0 Å². The molecule has 1 N–H and O–H groups in total. The molecule has 2 aliphatic heterocycles. The lowest BCUT2D eigenvalue weighted by Gasteiger charge is -2.30. The average Bonchev–Trinajstić information content (AvgIpc) is 3.27. The van der Waals surface area contributed by atoms with Crippen LogP contribution in [0.2, 0.25) is 0 Å². The first kappa shape index (κ1) is 34.2. The molecular weight excluding hydrogens is 520 g/mol. The molecule has 0 aromatic rings. The van der Waals surface area contributed by atoms with E-state index in [0.29, 0.717) is 18.9 Å². The third kappa shape index (κ3) is 12.5. The molecule has 0 aromatic heterocycles. The number of carbonyl (C=O) groups excluding carboxylic acids is 1. The van der Waals surface area contributed by atoms with Crippen molar-refractivity contribution in [1.82, 2.24) is 0 Å². The number of aliphatic hydroxyl groups excluding tert-OH is 1. The third-order valence-corrected chi connectivity index (χ3v) is 8.91. The van der Waals surface area contributed by atoms with Crippen LogP contribution in [-0.2, 0) is 28.5 Å². The van der Waals surface area contributed by atoms with Crippen molar-refractivity contribution in [2.45, 2.75) is 148 Å². The first-order chi connectivity index (χ1) is 20.0. The van der Waals surface area contributed by atoms with Gasteiger partial charge in [0.25, 0.3) is 0 Å². The molecule has 0 spiro atoms. The molecule has 1 saturated carbocycles. The standard InChI is InChI=1S/C34H58O7/c1-4-15-26(5-2)24-27(40-33-18-11-13-22-38-33)20-21-29-28(16-9-7-8-10-17-32(36)37-6-3)30(35)25-31(29)41-34-19-12-14-23-39-34/h10,17,20-21,26-31,33-35H,4-9,11-16,18-19,22-25H2,1-3H3/b17-10+,21-20+/t26?,27?,28-,29-,30+,31-,33?,34?/m1/s1. The molecule has 7 nitrogen and oxygen atoms in total. The van der Waals surface area contributed by atoms with Crippen molar-refractivity contribution in [1.29, 1.82) is 0 Å². The van der Waals surface area contributed by atoms with Crippen LogP contribution in [0.3, 0.4) is 0 Å². The van der Waals surface area contributed by atoms with Crippen molar-refractivity contribution in [3.05, 3.63) is 24.3 Å². The van der Waals surface area contributed by atoms with Crippen LogP contribution in [0, 0.1) is 17.8 Å². The van der Waals surface area contributed by atoms with Crippen LogP contribution in [0.25, 0.3) is 0 Å². The fourth-order valence-electron chi connectivity index (χ4n) is 6.60. The number of carbonyl (C=O) groups is 1. The maximum atomic E-state index is 11.6. The summed E-state index contributed by atoms with van der Waals surface area (Å²) in [7, 11) is 0. The van der Waals surface area contributed by atoms with E-state index in [2.05, 4.69) is 26.0 Å². The lowest BCUT2D eigenvalue weighted by atomic mass is 9.87. The van der Waals surface area contributed by atoms with Crippen molar-refractivity contribution in [2.24, 2.45) is 17.8 Å². The van der Waals surface area contributed by atoms with Gasteiger partial charge in [0.1, 0.15) is 0 Å². The predicted octanol–water partition coefficient (Wildman–Crippen LogP) is 7.26. The minimum atomic E-state index is -0.405. The van der Waals surface area contributed by atoms with Gasteiger partial charge in [-0.25, -0.2) is 4.79 Å². The van der Waals surface area contributed by atoms with E-state index in [4.69, 9.17) is 23.7 Å². The number of esters is 1. The maximum Gasteiger partial charge on any atom is 0.330 e. The summed E-state index contributed by atoms with van der Waals surface area (Å²) >= 11 is 0. The van der Waals surface area contributed by atoms with Gasteiger partial charge in [0, 0.05) is 31.6 Å². The van der Waals surface area contributed by atoms with Gasteiger partial charge in [-0.1, -0.05) is 57.8 Å². The molecule has 236 valence electrons. The lowest BCUT2D eigenvalue weighted by Crippen LogP contribution is -2.31. The monoisotopic (exact) mass is 578 g/mol. The van der Waals surface area contributed by atoms with Crippen LogP contribution in [-0.4, -0.2) is 61.8 Å². The highest BCUT2D eigenvalue weighted by Crippen LogP contribution is 2.40. The summed E-state index contributed by atoms with van der Waals surface area (Å²) in [5.74, 6) is 0.565. The Hall–Kier alpha value is -1.25. The van der Waals surface area contributed by atoms with Gasteiger partial charge in [0.2, 0.25) is 0 Å². The van der Waals surface area contributed by atoms with Crippen LogP contribution >= 0.6 is 0 Å². The number of hydrogen-bond acceptors (Lipinski definition) is 7. The SMILES string of the molecule is CCCC(CC)CC(/C=C/[C@@H]1[C@@H](CCCC/C=C/C(=O)OCC)[C@@H](O)C[C@H]1OC1CCCCO1)OC1CCCCO1. The van der Waals surface area contributed by atoms with E-state index in [1.807, 2.05) is 13.0 Å². The second kappa shape index (κ2) is 19.8. The van der Waals surface area contributed by atoms with E-state index in [1.54, 1.807) is 0 Å². The first-order valence-electron chi connectivity index (χ1n) is 16.8. The van der Waals surface area contributed by atoms with Gasteiger partial charge in [-0.2, -0.15) is 0 Å². The van der Waals surface area contributed by atoms with Crippen molar-refractivity contribution >= 4 is 5.97 Å². The zero-order valence-electron chi connectivity index (χ0n) is 26.1. The molecule has 3 fully saturated rings. The minimum absolute atomic E-state index is 0.00686. The van der Waals surface area contributed by atoms with E-state index in [0.717, 1.165) is 90.3 Å². The largest absolute Gasteiger partial charge is 0.463 e. The molecule has 3 aliphatic rings. The molecule has 7 heteroatoms. The highest BCUT2D eigenvalue weighted by Gasteiger charge is 2.42. The molecule has 4 unspecified atom stereocenters. The third-order valence-electron chi connectivity index (χ3n) is 8.91. The molecule has 0 amide bonds. The van der Waals surface area contributed by atoms with Gasteiger partial charge in [0.05, 0.1) is 24.9 Å². The zero-order chi connectivity index (χ0) is 29.3. The van der Waals surface area contributed by atoms with Gasteiger partial charge >= 0.3 is 5.97 Å². The van der Waals surface area contributed by atoms with Crippen molar-refractivity contribution in [3.63, 3.8) is 0 Å². The summed E-state index contributed by atoms with van der Waals surface area (Å²) in [4.78, 5) is 11.6. The van der Waals surface area contributed by atoms with E-state index >= 15 is 0 Å². The van der Waals surface area contributed by atoms with Gasteiger partial charge < -0.3 is 28.8 Å². The number of unbranched alkanes of at least 4 members (excludes halogenated alkanes) is 2. The van der Waals surface area contributed by atoms with Gasteiger partial charge in [-0.3, -0.25) is 0 Å². The quantitative estimate of drug-likeness (QED) is 0.0793. The second-order valence-corrected chi connectivity index (χ2v) is 12.1. The minimum Gasteiger partial charge on any atom is -0.463 e. The molecule has 2 saturated heterocycles. The number of rotatable bonds is 18. The Morgan fingerprint density at radius 1 is 1.02 bits per heavy atom. The maximum absolute atomic E-state index is 11.6. The van der Waals surface area contributed by atoms with Crippen LogP contribution < -0.4 is 0 Å². The van der Waals surface area contributed by atoms with E-state index in [1.165, 1.54) is 18.9 Å². The number of aliphatic hydroxyl groups is 1. The predicted molar refractivity (Wildman–Crippen MR) is 161 cm³/mol. The topological polar surface area (TPSA) is 83.5 Å². The molecule has 2 heterocycles. The lowest BCUT2D eigenvalue weighted by molar-refractivity contribution is -0.193. The van der Waals surface area contributed by atoms with Gasteiger partial charge in [0.15, 0.2) is 12.6 Å². The Morgan fingerprint density at radius 3 is 2.44 bits per heavy atom. The Labute approximate surface area is 249 Å². The summed E-state index contributed by atoms with van der Waals surface area (Å²) in [5.41, 5.74) is 0. The molecule has 8 atom stereocenters. The first-order valence-corrected chi connectivity index (χ1v) is 16.8. The number of hydrogen-bond donors (Lipinski definition) is 1. The van der Waals surface area contributed by atoms with Gasteiger partial charge in [-0.15, -0.1) is 0 Å². The fraction of sp³-hybridized carbons (Fsp3) is 0.853. The summed E-state index contributed by atoms with van der Waals surface area (Å²) in [5, 5.41) is 11.2. The highest BCUT2D eigenvalue weighted by atomic mass is 16.7. The Balaban J connectivity index is 1.68.